The molecule has 3 atom stereocenters. The maximum Gasteiger partial charge on any atom is 0.418 e. The summed E-state index contributed by atoms with van der Waals surface area (Å²) in [5.74, 6) is -2.92. The molecule has 5 rings (SSSR count). The van der Waals surface area contributed by atoms with Gasteiger partial charge in [0.2, 0.25) is 0 Å². The number of ether oxygens (including phenoxy) is 2. The number of thiazole rings is 1. The number of fused-ring (bicyclic) bond motifs is 1. The molecule has 2 fully saturated rings. The number of β-lactam (4-membered cyclic amide) rings is 1. The summed E-state index contributed by atoms with van der Waals surface area (Å²) < 4.78 is 47.3. The number of carboxylic acid groups (broad SMARTS) is 1. The Morgan fingerprint density at radius 2 is 2.00 bits per heavy atom. The summed E-state index contributed by atoms with van der Waals surface area (Å²) in [7, 11) is -3.53. The number of nitrogens with zero attached hydrogens (tertiary/aromatic N) is 3. The number of rotatable bonds is 13. The standard InChI is InChI=1S/C29H38N8O11S2/c1-28(2)22(25(39)37(28)48-50(42,43)44)35-24(38)21(18-12-49-27(32)34-18)36-47-29(3,26(40)41)20-6-5-13-7-17(14(11-45-4)8-19(13)46-20)23(31)33-16-9-15(30)10-16/h7-8,12,15-16,20,22H,5-6,9-11,30H2,1-4H3,(H2,31,33)(H2,32,34)(H,35,38)(H,40,41)(H,42,43,44)/b36-21-/t15-,16+,20-,22-,29+/m1/s1. The van der Waals surface area contributed by atoms with Crippen molar-refractivity contribution in [2.75, 3.05) is 12.8 Å². The molecule has 2 amide bonds. The molecule has 1 aliphatic carbocycles. The first kappa shape index (κ1) is 36.9. The number of carbonyl (C=O) groups is 3. The first-order valence-corrected chi connectivity index (χ1v) is 17.5. The number of hydrogen-bond acceptors (Lipinski definition) is 15. The van der Waals surface area contributed by atoms with Gasteiger partial charge in [-0.25, -0.2) is 9.78 Å². The number of nitrogen functional groups attached to an aromatic ring is 1. The number of methoxy groups -OCH3 is 1. The van der Waals surface area contributed by atoms with Gasteiger partial charge in [0.05, 0.1) is 12.1 Å². The minimum Gasteiger partial charge on any atom is -0.485 e. The second-order valence-electron chi connectivity index (χ2n) is 12.9. The van der Waals surface area contributed by atoms with E-state index in [1.807, 2.05) is 6.07 Å². The van der Waals surface area contributed by atoms with E-state index in [0.29, 0.717) is 28.4 Å². The normalized spacial score (nSPS) is 24.1. The third kappa shape index (κ3) is 7.37. The number of benzene rings is 1. The number of carbonyl (C=O) groups excluding carboxylic acids is 2. The zero-order valence-electron chi connectivity index (χ0n) is 27.5. The first-order valence-electron chi connectivity index (χ1n) is 15.3. The van der Waals surface area contributed by atoms with Crippen molar-refractivity contribution in [1.82, 2.24) is 20.7 Å². The molecule has 9 N–H and O–H groups in total. The number of amides is 2. The highest BCUT2D eigenvalue weighted by Crippen LogP contribution is 2.37. The summed E-state index contributed by atoms with van der Waals surface area (Å²) in [4.78, 5) is 48.5. The summed E-state index contributed by atoms with van der Waals surface area (Å²) >= 11 is 0.956. The molecule has 0 unspecified atom stereocenters. The number of aromatic nitrogens is 1. The van der Waals surface area contributed by atoms with Gasteiger partial charge < -0.3 is 41.5 Å². The van der Waals surface area contributed by atoms with Crippen LogP contribution in [0.2, 0.25) is 0 Å². The Morgan fingerprint density at radius 3 is 2.56 bits per heavy atom. The lowest BCUT2D eigenvalue weighted by molar-refractivity contribution is -0.218. The van der Waals surface area contributed by atoms with Crippen molar-refractivity contribution in [3.63, 3.8) is 0 Å². The van der Waals surface area contributed by atoms with Gasteiger partial charge in [-0.3, -0.25) is 19.6 Å². The van der Waals surface area contributed by atoms with Gasteiger partial charge in [-0.1, -0.05) is 5.16 Å². The van der Waals surface area contributed by atoms with E-state index in [1.165, 1.54) is 33.3 Å². The molecule has 1 aromatic heterocycles. The third-order valence-corrected chi connectivity index (χ3v) is 9.80. The van der Waals surface area contributed by atoms with Gasteiger partial charge in [-0.15, -0.1) is 15.6 Å². The highest BCUT2D eigenvalue weighted by molar-refractivity contribution is 7.80. The summed E-state index contributed by atoms with van der Waals surface area (Å²) in [5.41, 5.74) is 9.41. The van der Waals surface area contributed by atoms with Crippen molar-refractivity contribution in [2.45, 2.75) is 88.4 Å². The molecule has 1 saturated heterocycles. The molecular weight excluding hydrogens is 700 g/mol. The summed E-state index contributed by atoms with van der Waals surface area (Å²) in [6, 6.07) is 2.36. The summed E-state index contributed by atoms with van der Waals surface area (Å²) in [6.07, 6.45) is 0.916. The number of carboxylic acids is 1. The fourth-order valence-electron chi connectivity index (χ4n) is 5.82. The third-order valence-electron chi connectivity index (χ3n) is 8.79. The molecule has 21 heteroatoms. The van der Waals surface area contributed by atoms with Gasteiger partial charge >= 0.3 is 16.4 Å². The molecule has 50 heavy (non-hydrogen) atoms. The average Bonchev–Trinajstić information content (AvgIpc) is 3.45. The lowest BCUT2D eigenvalue weighted by Crippen LogP contribution is -2.76. The molecular formula is C29H38N8O11S2. The summed E-state index contributed by atoms with van der Waals surface area (Å²) in [5, 5.41) is 30.3. The second kappa shape index (κ2) is 13.7. The zero-order valence-corrected chi connectivity index (χ0v) is 29.1. The number of aryl methyl sites for hydroxylation is 1. The van der Waals surface area contributed by atoms with E-state index in [-0.39, 0.29) is 41.8 Å². The Bertz CT molecular complexity index is 1840. The molecule has 0 radical (unpaired) electrons. The average molecular weight is 739 g/mol. The predicted octanol–water partition coefficient (Wildman–Crippen LogP) is 0.0742. The lowest BCUT2D eigenvalue weighted by atomic mass is 9.84. The number of nitrogens with two attached hydrogens (primary N) is 2. The van der Waals surface area contributed by atoms with Crippen LogP contribution in [-0.2, 0) is 51.7 Å². The molecule has 19 nitrogen and oxygen atoms in total. The van der Waals surface area contributed by atoms with Gasteiger partial charge in [0.15, 0.2) is 16.9 Å². The molecule has 0 spiro atoms. The first-order chi connectivity index (χ1) is 23.3. The molecule has 2 aromatic rings. The molecule has 3 heterocycles. The fraction of sp³-hybridized carbons (Fsp3) is 0.517. The maximum absolute atomic E-state index is 13.5. The molecule has 1 saturated carbocycles. The quantitative estimate of drug-likeness (QED) is 0.0471. The van der Waals surface area contributed by atoms with Crippen LogP contribution in [0.3, 0.4) is 0 Å². The van der Waals surface area contributed by atoms with Crippen LogP contribution in [0.5, 0.6) is 5.75 Å². The lowest BCUT2D eigenvalue weighted by Gasteiger charge is -2.50. The van der Waals surface area contributed by atoms with Crippen LogP contribution in [0, 0.1) is 5.41 Å². The topological polar surface area (TPSA) is 291 Å². The Kier molecular flexibility index (Phi) is 10.1. The van der Waals surface area contributed by atoms with Crippen LogP contribution in [0.15, 0.2) is 22.7 Å². The largest absolute Gasteiger partial charge is 0.485 e. The van der Waals surface area contributed by atoms with Crippen LogP contribution in [0.4, 0.5) is 5.13 Å². The van der Waals surface area contributed by atoms with Gasteiger partial charge in [-0.2, -0.15) is 13.5 Å². The van der Waals surface area contributed by atoms with Gasteiger partial charge in [0.1, 0.15) is 23.3 Å². The minimum absolute atomic E-state index is 0.0484. The van der Waals surface area contributed by atoms with E-state index in [0.717, 1.165) is 29.7 Å². The van der Waals surface area contributed by atoms with Crippen molar-refractivity contribution in [1.29, 1.82) is 5.41 Å². The van der Waals surface area contributed by atoms with Crippen molar-refractivity contribution >= 4 is 56.2 Å². The van der Waals surface area contributed by atoms with Crippen LogP contribution >= 0.6 is 11.3 Å². The van der Waals surface area contributed by atoms with Crippen LogP contribution in [0.1, 0.15) is 62.4 Å². The summed E-state index contributed by atoms with van der Waals surface area (Å²) in [6.45, 7) is 4.11. The van der Waals surface area contributed by atoms with E-state index in [9.17, 15) is 27.9 Å². The van der Waals surface area contributed by atoms with E-state index >= 15 is 0 Å². The zero-order chi connectivity index (χ0) is 36.8. The number of hydroxylamine groups is 2. The molecule has 3 aliphatic rings. The smallest absolute Gasteiger partial charge is 0.418 e. The molecule has 1 aromatic carbocycles. The van der Waals surface area contributed by atoms with E-state index in [1.54, 1.807) is 6.07 Å². The molecule has 272 valence electrons. The van der Waals surface area contributed by atoms with Crippen LogP contribution in [0.25, 0.3) is 0 Å². The number of nitrogens with one attached hydrogen (secondary N) is 3. The number of aliphatic carboxylic acids is 1. The maximum atomic E-state index is 13.5. The van der Waals surface area contributed by atoms with Gasteiger partial charge in [0.25, 0.3) is 17.4 Å². The highest BCUT2D eigenvalue weighted by Gasteiger charge is 2.58. The fourth-order valence-corrected chi connectivity index (χ4v) is 6.83. The van der Waals surface area contributed by atoms with Crippen LogP contribution in [-0.4, -0.2) is 99.9 Å². The van der Waals surface area contributed by atoms with Crippen molar-refractivity contribution in [3.05, 3.63) is 39.9 Å². The van der Waals surface area contributed by atoms with Crippen molar-refractivity contribution < 1.29 is 51.1 Å². The Morgan fingerprint density at radius 1 is 1.30 bits per heavy atom. The van der Waals surface area contributed by atoms with E-state index in [4.69, 9.17) is 35.7 Å². The van der Waals surface area contributed by atoms with Gasteiger partial charge in [-0.05, 0) is 69.7 Å². The monoisotopic (exact) mass is 738 g/mol. The number of hydrogen-bond donors (Lipinski definition) is 7. The minimum atomic E-state index is -5.04. The van der Waals surface area contributed by atoms with Crippen molar-refractivity contribution in [2.24, 2.45) is 10.9 Å². The number of amidine groups is 1. The molecule has 0 bridgehead atoms. The SMILES string of the molecule is COCc1cc2c(cc1C(=N)N[C@H]1C[C@@H](N)C1)CC[C@H]([C@](C)(O/N=C(\C(=O)N[C@@H]1C(=O)N(OS(=O)(=O)O)C1(C)C)c1csc(N)n1)C(=O)O)O2. The Labute approximate surface area is 290 Å². The Balaban J connectivity index is 1.38. The highest BCUT2D eigenvalue weighted by atomic mass is 32.3. The second-order valence-corrected chi connectivity index (χ2v) is 14.7. The van der Waals surface area contributed by atoms with E-state index in [2.05, 4.69) is 25.1 Å². The predicted molar refractivity (Wildman–Crippen MR) is 177 cm³/mol. The van der Waals surface area contributed by atoms with E-state index < -0.39 is 57.2 Å². The Hall–Kier alpha value is -4.41. The molecule has 2 aliphatic heterocycles. The number of oxime groups is 1. The van der Waals surface area contributed by atoms with Crippen molar-refractivity contribution in [3.8, 4) is 5.75 Å². The van der Waals surface area contributed by atoms with Crippen LogP contribution < -0.4 is 26.8 Å². The van der Waals surface area contributed by atoms with Gasteiger partial charge in [0, 0.05) is 30.1 Å². The number of anilines is 1.